The number of rotatable bonds is 8. The van der Waals surface area contributed by atoms with Gasteiger partial charge in [-0.25, -0.2) is 10.1 Å². The highest BCUT2D eigenvalue weighted by Crippen LogP contribution is 2.25. The molecule has 3 rings (SSSR count). The van der Waals surface area contributed by atoms with Crippen LogP contribution in [0.5, 0.6) is 11.5 Å². The van der Waals surface area contributed by atoms with Crippen LogP contribution in [-0.4, -0.2) is 45.0 Å². The SMILES string of the molecule is COc1ccc(/C=N/Nc2nnc(SCC(=O)Nc3cc(Cl)ccc3C)n2N)cc1O. The maximum Gasteiger partial charge on any atom is 0.264 e. The van der Waals surface area contributed by atoms with Crippen LogP contribution in [0.3, 0.4) is 0 Å². The summed E-state index contributed by atoms with van der Waals surface area (Å²) in [5.74, 6) is 6.35. The zero-order valence-corrected chi connectivity index (χ0v) is 18.2. The Bertz CT molecular complexity index is 1120. The lowest BCUT2D eigenvalue weighted by Gasteiger charge is -2.08. The van der Waals surface area contributed by atoms with Crippen LogP contribution in [0.1, 0.15) is 11.1 Å². The van der Waals surface area contributed by atoms with Crippen LogP contribution in [0.2, 0.25) is 5.02 Å². The monoisotopic (exact) mass is 461 g/mol. The summed E-state index contributed by atoms with van der Waals surface area (Å²) in [6, 6.07) is 10.1. The Morgan fingerprint density at radius 2 is 2.16 bits per heavy atom. The first-order valence-corrected chi connectivity index (χ1v) is 10.3. The molecule has 0 spiro atoms. The van der Waals surface area contributed by atoms with Crippen molar-refractivity contribution in [2.45, 2.75) is 12.1 Å². The van der Waals surface area contributed by atoms with E-state index < -0.39 is 0 Å². The highest BCUT2D eigenvalue weighted by Gasteiger charge is 2.13. The van der Waals surface area contributed by atoms with Crippen molar-refractivity contribution in [2.24, 2.45) is 5.10 Å². The van der Waals surface area contributed by atoms with E-state index in [9.17, 15) is 9.90 Å². The average Bonchev–Trinajstić information content (AvgIpc) is 3.09. The third-order valence-electron chi connectivity index (χ3n) is 4.05. The molecule has 0 aliphatic rings. The number of nitrogens with zero attached hydrogens (tertiary/aromatic N) is 4. The number of halogens is 1. The molecule has 1 heterocycles. The molecular weight excluding hydrogens is 442 g/mol. The number of aromatic hydroxyl groups is 1. The molecule has 0 fully saturated rings. The van der Waals surface area contributed by atoms with Crippen molar-refractivity contribution in [3.63, 3.8) is 0 Å². The first-order valence-electron chi connectivity index (χ1n) is 8.92. The Hall–Kier alpha value is -3.44. The van der Waals surface area contributed by atoms with Crippen molar-refractivity contribution in [2.75, 3.05) is 29.4 Å². The third-order valence-corrected chi connectivity index (χ3v) is 5.23. The van der Waals surface area contributed by atoms with E-state index in [2.05, 4.69) is 26.0 Å². The number of thioether (sulfide) groups is 1. The number of ether oxygens (including phenoxy) is 1. The predicted octanol–water partition coefficient (Wildman–Crippen LogP) is 2.84. The Balaban J connectivity index is 1.55. The minimum absolute atomic E-state index is 0.00151. The molecule has 1 aromatic heterocycles. The number of methoxy groups -OCH3 is 1. The number of hydrogen-bond acceptors (Lipinski definition) is 9. The molecule has 0 aliphatic carbocycles. The van der Waals surface area contributed by atoms with Gasteiger partial charge < -0.3 is 21.0 Å². The second-order valence-electron chi connectivity index (χ2n) is 6.27. The number of hydrazone groups is 1. The molecule has 0 atom stereocenters. The van der Waals surface area contributed by atoms with E-state index in [0.29, 0.717) is 27.2 Å². The number of carbonyl (C=O) groups excluding carboxylic acids is 1. The quantitative estimate of drug-likeness (QED) is 0.174. The van der Waals surface area contributed by atoms with Crippen LogP contribution in [0, 0.1) is 6.92 Å². The van der Waals surface area contributed by atoms with Crippen molar-refractivity contribution in [3.05, 3.63) is 52.5 Å². The maximum absolute atomic E-state index is 12.2. The molecule has 5 N–H and O–H groups in total. The maximum atomic E-state index is 12.2. The van der Waals surface area contributed by atoms with E-state index in [1.807, 2.05) is 13.0 Å². The van der Waals surface area contributed by atoms with Gasteiger partial charge in [0.25, 0.3) is 5.95 Å². The topological polar surface area (TPSA) is 140 Å². The lowest BCUT2D eigenvalue weighted by atomic mass is 10.2. The zero-order valence-electron chi connectivity index (χ0n) is 16.7. The van der Waals surface area contributed by atoms with Gasteiger partial charge in [0.2, 0.25) is 11.1 Å². The highest BCUT2D eigenvalue weighted by molar-refractivity contribution is 7.99. The number of nitrogens with two attached hydrogens (primary N) is 1. The molecule has 0 saturated carbocycles. The number of hydrogen-bond donors (Lipinski definition) is 4. The molecule has 2 aromatic carbocycles. The van der Waals surface area contributed by atoms with E-state index >= 15 is 0 Å². The number of phenolic OH excluding ortho intramolecular Hbond substituents is 1. The van der Waals surface area contributed by atoms with E-state index in [-0.39, 0.29) is 23.4 Å². The number of amides is 1. The molecule has 0 saturated heterocycles. The van der Waals surface area contributed by atoms with Crippen molar-refractivity contribution in [3.8, 4) is 11.5 Å². The first-order chi connectivity index (χ1) is 14.9. The number of aromatic nitrogens is 3. The summed E-state index contributed by atoms with van der Waals surface area (Å²) >= 11 is 7.09. The van der Waals surface area contributed by atoms with E-state index in [1.54, 1.807) is 24.3 Å². The fraction of sp³-hybridized carbons (Fsp3) is 0.158. The average molecular weight is 462 g/mol. The van der Waals surface area contributed by atoms with Crippen LogP contribution >= 0.6 is 23.4 Å². The molecule has 12 heteroatoms. The van der Waals surface area contributed by atoms with Crippen LogP contribution in [0.15, 0.2) is 46.7 Å². The van der Waals surface area contributed by atoms with Crippen molar-refractivity contribution < 1.29 is 14.6 Å². The fourth-order valence-electron chi connectivity index (χ4n) is 2.45. The van der Waals surface area contributed by atoms with Gasteiger partial charge in [-0.1, -0.05) is 29.4 Å². The summed E-state index contributed by atoms with van der Waals surface area (Å²) in [5.41, 5.74) is 4.85. The first kappa shape index (κ1) is 22.2. The highest BCUT2D eigenvalue weighted by atomic mass is 35.5. The molecule has 1 amide bonds. The minimum Gasteiger partial charge on any atom is -0.504 e. The zero-order chi connectivity index (χ0) is 22.4. The van der Waals surface area contributed by atoms with E-state index in [0.717, 1.165) is 17.3 Å². The predicted molar refractivity (Wildman–Crippen MR) is 122 cm³/mol. The van der Waals surface area contributed by atoms with Crippen molar-refractivity contribution >= 4 is 47.1 Å². The van der Waals surface area contributed by atoms with Gasteiger partial charge in [-0.15, -0.1) is 10.2 Å². The standard InChI is InChI=1S/C19H20ClN7O3S/c1-11-3-5-13(20)8-14(11)23-17(29)10-31-19-26-25-18(27(19)21)24-22-9-12-4-6-16(30-2)15(28)7-12/h3-9,28H,10,21H2,1-2H3,(H,23,29)(H,24,25)/b22-9+. The molecule has 162 valence electrons. The van der Waals surface area contributed by atoms with Gasteiger partial charge >= 0.3 is 0 Å². The minimum atomic E-state index is -0.231. The molecule has 0 bridgehead atoms. The molecule has 0 aliphatic heterocycles. The van der Waals surface area contributed by atoms with Gasteiger partial charge in [0.05, 0.1) is 19.1 Å². The normalized spacial score (nSPS) is 10.9. The number of nitrogen functional groups attached to an aromatic ring is 1. The summed E-state index contributed by atoms with van der Waals surface area (Å²) in [4.78, 5) is 12.2. The Morgan fingerprint density at radius 3 is 2.90 bits per heavy atom. The Labute approximate surface area is 187 Å². The van der Waals surface area contributed by atoms with Crippen LogP contribution in [0.4, 0.5) is 11.6 Å². The second kappa shape index (κ2) is 10.0. The third kappa shape index (κ3) is 5.80. The Morgan fingerprint density at radius 1 is 1.35 bits per heavy atom. The number of carbonyl (C=O) groups is 1. The fourth-order valence-corrected chi connectivity index (χ4v) is 3.28. The van der Waals surface area contributed by atoms with Crippen LogP contribution in [0.25, 0.3) is 0 Å². The van der Waals surface area contributed by atoms with E-state index in [4.69, 9.17) is 22.2 Å². The van der Waals surface area contributed by atoms with Crippen molar-refractivity contribution in [1.82, 2.24) is 14.9 Å². The smallest absolute Gasteiger partial charge is 0.264 e. The van der Waals surface area contributed by atoms with Gasteiger partial charge in [0.1, 0.15) is 0 Å². The molecule has 31 heavy (non-hydrogen) atoms. The van der Waals surface area contributed by atoms with Crippen LogP contribution < -0.4 is 21.3 Å². The number of nitrogens with one attached hydrogen (secondary N) is 2. The molecule has 10 nitrogen and oxygen atoms in total. The number of anilines is 2. The van der Waals surface area contributed by atoms with Gasteiger partial charge in [-0.3, -0.25) is 4.79 Å². The van der Waals surface area contributed by atoms with Crippen LogP contribution in [-0.2, 0) is 4.79 Å². The summed E-state index contributed by atoms with van der Waals surface area (Å²) in [5, 5.41) is 25.3. The molecule has 0 radical (unpaired) electrons. The Kier molecular flexibility index (Phi) is 7.21. The molecule has 3 aromatic rings. The number of aryl methyl sites for hydroxylation is 1. The summed E-state index contributed by atoms with van der Waals surface area (Å²) in [6.07, 6.45) is 1.47. The molecular formula is C19H20ClN7O3S. The van der Waals surface area contributed by atoms with Crippen molar-refractivity contribution in [1.29, 1.82) is 0 Å². The number of benzene rings is 2. The van der Waals surface area contributed by atoms with Gasteiger partial charge in [-0.2, -0.15) is 5.10 Å². The second-order valence-corrected chi connectivity index (χ2v) is 7.65. The molecule has 0 unspecified atom stereocenters. The van der Waals surface area contributed by atoms with E-state index in [1.165, 1.54) is 24.1 Å². The lowest BCUT2D eigenvalue weighted by Crippen LogP contribution is -2.17. The lowest BCUT2D eigenvalue weighted by molar-refractivity contribution is -0.113. The summed E-state index contributed by atoms with van der Waals surface area (Å²) in [7, 11) is 1.47. The van der Waals surface area contributed by atoms with Gasteiger partial charge in [0, 0.05) is 10.7 Å². The van der Waals surface area contributed by atoms with Gasteiger partial charge in [-0.05, 0) is 48.4 Å². The number of phenols is 1. The largest absolute Gasteiger partial charge is 0.504 e. The summed E-state index contributed by atoms with van der Waals surface area (Å²) < 4.78 is 6.18. The van der Waals surface area contributed by atoms with Gasteiger partial charge in [0.15, 0.2) is 11.5 Å². The summed E-state index contributed by atoms with van der Waals surface area (Å²) in [6.45, 7) is 1.88.